The normalized spacial score (nSPS) is 8.27. The SMILES string of the molecule is CCCl.Cc1ccccc1O. The highest BCUT2D eigenvalue weighted by molar-refractivity contribution is 6.17. The van der Waals surface area contributed by atoms with Gasteiger partial charge in [-0.25, -0.2) is 0 Å². The third-order valence-electron chi connectivity index (χ3n) is 1.12. The number of hydrogen-bond acceptors (Lipinski definition) is 1. The van der Waals surface area contributed by atoms with Crippen LogP contribution in [0.2, 0.25) is 0 Å². The molecule has 1 nitrogen and oxygen atoms in total. The number of halogens is 1. The Morgan fingerprint density at radius 2 is 1.82 bits per heavy atom. The lowest BCUT2D eigenvalue weighted by Gasteiger charge is -1.92. The maximum absolute atomic E-state index is 8.92. The van der Waals surface area contributed by atoms with Crippen LogP contribution in [-0.4, -0.2) is 11.0 Å². The average Bonchev–Trinajstić information content (AvgIpc) is 1.97. The van der Waals surface area contributed by atoms with Gasteiger partial charge in [0.1, 0.15) is 5.75 Å². The first-order chi connectivity index (χ1) is 5.22. The van der Waals surface area contributed by atoms with Crippen molar-refractivity contribution in [2.75, 3.05) is 5.88 Å². The molecule has 1 aromatic carbocycles. The summed E-state index contributed by atoms with van der Waals surface area (Å²) in [5.74, 6) is 1.09. The third kappa shape index (κ3) is 4.68. The number of rotatable bonds is 0. The van der Waals surface area contributed by atoms with Crippen molar-refractivity contribution in [3.8, 4) is 5.75 Å². The van der Waals surface area contributed by atoms with Crippen molar-refractivity contribution >= 4 is 11.6 Å². The molecule has 0 aliphatic carbocycles. The fourth-order valence-electron chi connectivity index (χ4n) is 0.563. The van der Waals surface area contributed by atoms with Crippen molar-refractivity contribution in [1.82, 2.24) is 0 Å². The Morgan fingerprint density at radius 3 is 2.09 bits per heavy atom. The van der Waals surface area contributed by atoms with Crippen molar-refractivity contribution in [3.05, 3.63) is 29.8 Å². The monoisotopic (exact) mass is 172 g/mol. The molecule has 0 saturated heterocycles. The number of phenolic OH excluding ortho intramolecular Hbond substituents is 1. The average molecular weight is 173 g/mol. The molecule has 0 unspecified atom stereocenters. The number of phenols is 1. The molecule has 62 valence electrons. The molecule has 0 amide bonds. The molecule has 0 aromatic heterocycles. The second kappa shape index (κ2) is 6.05. The summed E-state index contributed by atoms with van der Waals surface area (Å²) in [6, 6.07) is 7.25. The topological polar surface area (TPSA) is 20.2 Å². The smallest absolute Gasteiger partial charge is 0.118 e. The van der Waals surface area contributed by atoms with Gasteiger partial charge in [-0.15, -0.1) is 11.6 Å². The zero-order valence-electron chi connectivity index (χ0n) is 6.84. The third-order valence-corrected chi connectivity index (χ3v) is 1.12. The lowest BCUT2D eigenvalue weighted by molar-refractivity contribution is 0.471. The van der Waals surface area contributed by atoms with E-state index in [9.17, 15) is 0 Å². The van der Waals surface area contributed by atoms with Gasteiger partial charge in [-0.05, 0) is 18.6 Å². The van der Waals surface area contributed by atoms with Crippen molar-refractivity contribution in [2.24, 2.45) is 0 Å². The Kier molecular flexibility index (Phi) is 5.67. The molecule has 0 aliphatic heterocycles. The summed E-state index contributed by atoms with van der Waals surface area (Å²) in [7, 11) is 0. The summed E-state index contributed by atoms with van der Waals surface area (Å²) in [6.45, 7) is 3.76. The van der Waals surface area contributed by atoms with Gasteiger partial charge >= 0.3 is 0 Å². The maximum atomic E-state index is 8.92. The number of alkyl halides is 1. The van der Waals surface area contributed by atoms with Crippen LogP contribution in [-0.2, 0) is 0 Å². The molecule has 0 spiro atoms. The molecule has 0 aliphatic rings. The molecular weight excluding hydrogens is 160 g/mol. The molecule has 0 radical (unpaired) electrons. The summed E-state index contributed by atoms with van der Waals surface area (Å²) in [5.41, 5.74) is 0.924. The van der Waals surface area contributed by atoms with Crippen LogP contribution >= 0.6 is 11.6 Å². The van der Waals surface area contributed by atoms with Gasteiger partial charge in [0, 0.05) is 5.88 Å². The highest BCUT2D eigenvalue weighted by Crippen LogP contribution is 2.12. The van der Waals surface area contributed by atoms with Crippen LogP contribution in [0.3, 0.4) is 0 Å². The number of para-hydroxylation sites is 1. The molecule has 0 saturated carbocycles. The summed E-state index contributed by atoms with van der Waals surface area (Å²) >= 11 is 5.00. The van der Waals surface area contributed by atoms with E-state index in [1.807, 2.05) is 32.0 Å². The molecule has 0 atom stereocenters. The van der Waals surface area contributed by atoms with E-state index in [0.29, 0.717) is 5.75 Å². The lowest BCUT2D eigenvalue weighted by atomic mass is 10.2. The molecular formula is C9H13ClO. The van der Waals surface area contributed by atoms with Crippen molar-refractivity contribution in [2.45, 2.75) is 13.8 Å². The Balaban J connectivity index is 0.000000292. The minimum absolute atomic E-state index is 0.368. The minimum atomic E-state index is 0.368. The van der Waals surface area contributed by atoms with E-state index < -0.39 is 0 Å². The van der Waals surface area contributed by atoms with E-state index in [-0.39, 0.29) is 0 Å². The molecule has 1 N–H and O–H groups in total. The number of aromatic hydroxyl groups is 1. The van der Waals surface area contributed by atoms with Crippen LogP contribution < -0.4 is 0 Å². The Labute approximate surface area is 72.6 Å². The number of benzene rings is 1. The van der Waals surface area contributed by atoms with Gasteiger partial charge in [-0.2, -0.15) is 0 Å². The van der Waals surface area contributed by atoms with E-state index >= 15 is 0 Å². The predicted molar refractivity (Wildman–Crippen MR) is 49.2 cm³/mol. The molecule has 2 heteroatoms. The van der Waals surface area contributed by atoms with Crippen molar-refractivity contribution in [1.29, 1.82) is 0 Å². The van der Waals surface area contributed by atoms with Crippen molar-refractivity contribution < 1.29 is 5.11 Å². The molecule has 1 aromatic rings. The van der Waals surface area contributed by atoms with E-state index in [2.05, 4.69) is 0 Å². The first-order valence-corrected chi connectivity index (χ1v) is 4.06. The second-order valence-electron chi connectivity index (χ2n) is 2.05. The maximum Gasteiger partial charge on any atom is 0.118 e. The zero-order valence-corrected chi connectivity index (χ0v) is 7.60. The largest absolute Gasteiger partial charge is 0.508 e. The summed E-state index contributed by atoms with van der Waals surface area (Å²) in [5, 5.41) is 8.92. The van der Waals surface area contributed by atoms with Crippen LogP contribution in [0, 0.1) is 6.92 Å². The first-order valence-electron chi connectivity index (χ1n) is 3.53. The summed E-state index contributed by atoms with van der Waals surface area (Å²) in [6.07, 6.45) is 0. The minimum Gasteiger partial charge on any atom is -0.508 e. The van der Waals surface area contributed by atoms with Gasteiger partial charge in [-0.3, -0.25) is 0 Å². The fourth-order valence-corrected chi connectivity index (χ4v) is 0.563. The molecule has 1 rings (SSSR count). The van der Waals surface area contributed by atoms with Crippen LogP contribution in [0.1, 0.15) is 12.5 Å². The highest BCUT2D eigenvalue weighted by Gasteiger charge is 1.86. The fraction of sp³-hybridized carbons (Fsp3) is 0.333. The molecule has 0 fully saturated rings. The standard InChI is InChI=1S/C7H8O.C2H5Cl/c1-6-4-2-3-5-7(6)8;1-2-3/h2-5,8H,1H3;2H2,1H3. The Morgan fingerprint density at radius 1 is 1.36 bits per heavy atom. The summed E-state index contributed by atoms with van der Waals surface area (Å²) in [4.78, 5) is 0. The van der Waals surface area contributed by atoms with E-state index in [0.717, 1.165) is 11.4 Å². The van der Waals surface area contributed by atoms with Gasteiger partial charge in [0.25, 0.3) is 0 Å². The number of aryl methyl sites for hydroxylation is 1. The van der Waals surface area contributed by atoms with Crippen LogP contribution in [0.5, 0.6) is 5.75 Å². The molecule has 11 heavy (non-hydrogen) atoms. The van der Waals surface area contributed by atoms with Crippen molar-refractivity contribution in [3.63, 3.8) is 0 Å². The predicted octanol–water partition coefficient (Wildman–Crippen LogP) is 2.95. The van der Waals surface area contributed by atoms with E-state index in [4.69, 9.17) is 16.7 Å². The first kappa shape index (κ1) is 10.3. The zero-order chi connectivity index (χ0) is 8.69. The number of hydrogen-bond donors (Lipinski definition) is 1. The van der Waals surface area contributed by atoms with Gasteiger partial charge in [0.2, 0.25) is 0 Å². The van der Waals surface area contributed by atoms with E-state index in [1.165, 1.54) is 0 Å². The molecule has 0 bridgehead atoms. The van der Waals surface area contributed by atoms with Gasteiger partial charge < -0.3 is 5.11 Å². The van der Waals surface area contributed by atoms with Crippen LogP contribution in [0.15, 0.2) is 24.3 Å². The molecule has 0 heterocycles. The Bertz CT molecular complexity index is 178. The van der Waals surface area contributed by atoms with Gasteiger partial charge in [0.05, 0.1) is 0 Å². The van der Waals surface area contributed by atoms with E-state index in [1.54, 1.807) is 6.07 Å². The quantitative estimate of drug-likeness (QED) is 0.597. The van der Waals surface area contributed by atoms with Crippen LogP contribution in [0.4, 0.5) is 0 Å². The second-order valence-corrected chi connectivity index (χ2v) is 2.59. The summed E-state index contributed by atoms with van der Waals surface area (Å²) < 4.78 is 0. The van der Waals surface area contributed by atoms with Gasteiger partial charge in [0.15, 0.2) is 0 Å². The highest BCUT2D eigenvalue weighted by atomic mass is 35.5. The van der Waals surface area contributed by atoms with Gasteiger partial charge in [-0.1, -0.05) is 25.1 Å². The lowest BCUT2D eigenvalue weighted by Crippen LogP contribution is -1.68. The Hall–Kier alpha value is -0.690. The van der Waals surface area contributed by atoms with Crippen LogP contribution in [0.25, 0.3) is 0 Å².